The summed E-state index contributed by atoms with van der Waals surface area (Å²) >= 11 is 12.7. The van der Waals surface area contributed by atoms with Crippen LogP contribution in [-0.2, 0) is 14.3 Å². The van der Waals surface area contributed by atoms with E-state index in [1.54, 1.807) is 32.9 Å². The number of rotatable bonds is 4. The van der Waals surface area contributed by atoms with Gasteiger partial charge in [0.2, 0.25) is 0 Å². The van der Waals surface area contributed by atoms with E-state index in [1.165, 1.54) is 19.1 Å². The number of nitriles is 1. The average molecular weight is 457 g/mol. The van der Waals surface area contributed by atoms with Gasteiger partial charge in [-0.25, -0.2) is 9.59 Å². The van der Waals surface area contributed by atoms with Gasteiger partial charge in [0, 0.05) is 12.1 Å². The minimum atomic E-state index is -1.52. The molecule has 2 rings (SSSR count). The van der Waals surface area contributed by atoms with Crippen molar-refractivity contribution < 1.29 is 23.8 Å². The molecule has 0 aliphatic carbocycles. The molecule has 7 nitrogen and oxygen atoms in total. The van der Waals surface area contributed by atoms with Gasteiger partial charge in [-0.15, -0.1) is 0 Å². The van der Waals surface area contributed by atoms with Gasteiger partial charge in [0.05, 0.1) is 36.8 Å². The number of esters is 1. The SMILES string of the molecule is COC(=O)C1(CC#N)CC(c2c(OC)ccc(Cl)c2Cl)CCN1C(=O)OC(C)(C)C. The van der Waals surface area contributed by atoms with E-state index >= 15 is 0 Å². The maximum absolute atomic E-state index is 12.9. The van der Waals surface area contributed by atoms with Gasteiger partial charge in [-0.3, -0.25) is 4.90 Å². The number of ether oxygens (including phenoxy) is 3. The largest absolute Gasteiger partial charge is 0.496 e. The Kier molecular flexibility index (Phi) is 7.49. The van der Waals surface area contributed by atoms with Crippen molar-refractivity contribution in [1.29, 1.82) is 5.26 Å². The van der Waals surface area contributed by atoms with Crippen LogP contribution in [0.1, 0.15) is 51.5 Å². The highest BCUT2D eigenvalue weighted by atomic mass is 35.5. The van der Waals surface area contributed by atoms with Crippen molar-refractivity contribution in [2.24, 2.45) is 0 Å². The van der Waals surface area contributed by atoms with Crippen LogP contribution in [-0.4, -0.2) is 48.9 Å². The molecule has 0 radical (unpaired) electrons. The first-order chi connectivity index (χ1) is 14.0. The fourth-order valence-electron chi connectivity index (χ4n) is 3.81. The van der Waals surface area contributed by atoms with E-state index < -0.39 is 23.2 Å². The molecule has 1 fully saturated rings. The number of nitrogens with zero attached hydrogens (tertiary/aromatic N) is 2. The Balaban J connectivity index is 2.56. The van der Waals surface area contributed by atoms with Gasteiger partial charge in [-0.2, -0.15) is 5.26 Å². The van der Waals surface area contributed by atoms with Crippen LogP contribution in [0.5, 0.6) is 5.75 Å². The first kappa shape index (κ1) is 24.1. The molecule has 1 amide bonds. The molecule has 30 heavy (non-hydrogen) atoms. The molecule has 1 aliphatic heterocycles. The van der Waals surface area contributed by atoms with E-state index in [1.807, 2.05) is 6.07 Å². The summed E-state index contributed by atoms with van der Waals surface area (Å²) in [7, 11) is 2.74. The molecule has 0 saturated carbocycles. The van der Waals surface area contributed by atoms with Gasteiger partial charge >= 0.3 is 12.1 Å². The molecule has 1 aromatic rings. The van der Waals surface area contributed by atoms with Crippen molar-refractivity contribution in [2.75, 3.05) is 20.8 Å². The normalized spacial score (nSPS) is 21.5. The van der Waals surface area contributed by atoms with Gasteiger partial charge in [0.1, 0.15) is 11.4 Å². The number of hydrogen-bond acceptors (Lipinski definition) is 6. The quantitative estimate of drug-likeness (QED) is 0.595. The standard InChI is InChI=1S/C21H26Cl2N2O5/c1-20(2,3)30-19(27)25-11-8-13(12-21(25,9-10-24)18(26)29-5)16-15(28-4)7-6-14(22)17(16)23/h6-7,13H,8-9,11-12H2,1-5H3. The number of likely N-dealkylation sites (tertiary alicyclic amines) is 1. The Morgan fingerprint density at radius 2 is 1.97 bits per heavy atom. The van der Waals surface area contributed by atoms with Crippen molar-refractivity contribution in [3.63, 3.8) is 0 Å². The molecule has 0 spiro atoms. The van der Waals surface area contributed by atoms with Gasteiger partial charge < -0.3 is 14.2 Å². The predicted octanol–water partition coefficient (Wildman–Crippen LogP) is 4.94. The van der Waals surface area contributed by atoms with Crippen LogP contribution in [0.2, 0.25) is 10.0 Å². The Bertz CT molecular complexity index is 862. The summed E-state index contributed by atoms with van der Waals surface area (Å²) in [5.74, 6) is -0.454. The van der Waals surface area contributed by atoms with Gasteiger partial charge in [-0.1, -0.05) is 23.2 Å². The monoisotopic (exact) mass is 456 g/mol. The molecule has 9 heteroatoms. The van der Waals surface area contributed by atoms with Crippen LogP contribution >= 0.6 is 23.2 Å². The number of hydrogen-bond donors (Lipinski definition) is 0. The maximum Gasteiger partial charge on any atom is 0.411 e. The average Bonchev–Trinajstić information content (AvgIpc) is 2.67. The molecular weight excluding hydrogens is 431 g/mol. The Hall–Kier alpha value is -2.17. The van der Waals surface area contributed by atoms with E-state index in [2.05, 4.69) is 0 Å². The number of carbonyl (C=O) groups is 2. The molecule has 0 aromatic heterocycles. The molecule has 0 N–H and O–H groups in total. The van der Waals surface area contributed by atoms with Crippen LogP contribution in [0.4, 0.5) is 4.79 Å². The third-order valence-corrected chi connectivity index (χ3v) is 5.89. The van der Waals surface area contributed by atoms with Crippen molar-refractivity contribution in [3.05, 3.63) is 27.7 Å². The van der Waals surface area contributed by atoms with E-state index in [0.29, 0.717) is 27.8 Å². The van der Waals surface area contributed by atoms with E-state index in [9.17, 15) is 14.9 Å². The summed E-state index contributed by atoms with van der Waals surface area (Å²) in [5.41, 5.74) is -1.64. The third-order valence-electron chi connectivity index (χ3n) is 5.07. The molecule has 0 bridgehead atoms. The number of amides is 1. The van der Waals surface area contributed by atoms with Crippen molar-refractivity contribution >= 4 is 35.3 Å². The molecule has 164 valence electrons. The number of piperidine rings is 1. The van der Waals surface area contributed by atoms with Gasteiger partial charge in [0.15, 0.2) is 5.54 Å². The smallest absolute Gasteiger partial charge is 0.411 e. The summed E-state index contributed by atoms with van der Waals surface area (Å²) in [4.78, 5) is 27.2. The first-order valence-electron chi connectivity index (χ1n) is 9.48. The van der Waals surface area contributed by atoms with Crippen molar-refractivity contribution in [1.82, 2.24) is 4.90 Å². The molecule has 2 atom stereocenters. The van der Waals surface area contributed by atoms with Gasteiger partial charge in [0.25, 0.3) is 0 Å². The third kappa shape index (κ3) is 4.76. The fraction of sp³-hybridized carbons (Fsp3) is 0.571. The molecule has 1 aliphatic rings. The Morgan fingerprint density at radius 1 is 1.30 bits per heavy atom. The number of methoxy groups -OCH3 is 2. The van der Waals surface area contributed by atoms with Gasteiger partial charge in [-0.05, 0) is 51.7 Å². The van der Waals surface area contributed by atoms with E-state index in [-0.39, 0.29) is 25.3 Å². The summed E-state index contributed by atoms with van der Waals surface area (Å²) in [6.07, 6.45) is -0.343. The van der Waals surface area contributed by atoms with Crippen molar-refractivity contribution in [3.8, 4) is 11.8 Å². The Labute approximate surface area is 186 Å². The first-order valence-corrected chi connectivity index (χ1v) is 10.2. The van der Waals surface area contributed by atoms with Crippen LogP contribution in [0.25, 0.3) is 0 Å². The van der Waals surface area contributed by atoms with Crippen LogP contribution < -0.4 is 4.74 Å². The second kappa shape index (κ2) is 9.32. The second-order valence-electron chi connectivity index (χ2n) is 8.16. The summed E-state index contributed by atoms with van der Waals surface area (Å²) in [6.45, 7) is 5.37. The summed E-state index contributed by atoms with van der Waals surface area (Å²) in [6, 6.07) is 5.36. The van der Waals surface area contributed by atoms with Crippen LogP contribution in [0.15, 0.2) is 12.1 Å². The lowest BCUT2D eigenvalue weighted by atomic mass is 9.75. The van der Waals surface area contributed by atoms with E-state index in [0.717, 1.165) is 0 Å². The molecular formula is C21H26Cl2N2O5. The zero-order valence-corrected chi connectivity index (χ0v) is 19.3. The lowest BCUT2D eigenvalue weighted by molar-refractivity contribution is -0.157. The van der Waals surface area contributed by atoms with Crippen molar-refractivity contribution in [2.45, 2.75) is 57.1 Å². The highest BCUT2D eigenvalue weighted by Crippen LogP contribution is 2.47. The Morgan fingerprint density at radius 3 is 2.50 bits per heavy atom. The predicted molar refractivity (Wildman–Crippen MR) is 113 cm³/mol. The van der Waals surface area contributed by atoms with Crippen LogP contribution in [0, 0.1) is 11.3 Å². The number of carbonyl (C=O) groups excluding carboxylic acids is 2. The molecule has 1 saturated heterocycles. The zero-order valence-electron chi connectivity index (χ0n) is 17.8. The van der Waals surface area contributed by atoms with E-state index in [4.69, 9.17) is 37.4 Å². The zero-order chi connectivity index (χ0) is 22.7. The number of halogens is 2. The highest BCUT2D eigenvalue weighted by Gasteiger charge is 2.53. The topological polar surface area (TPSA) is 88.9 Å². The minimum absolute atomic E-state index is 0.114. The summed E-state index contributed by atoms with van der Waals surface area (Å²) < 4.78 is 16.0. The fourth-order valence-corrected chi connectivity index (χ4v) is 4.28. The second-order valence-corrected chi connectivity index (χ2v) is 8.94. The van der Waals surface area contributed by atoms with Crippen LogP contribution in [0.3, 0.4) is 0 Å². The molecule has 2 unspecified atom stereocenters. The highest BCUT2D eigenvalue weighted by molar-refractivity contribution is 6.42. The lowest BCUT2D eigenvalue weighted by Crippen LogP contribution is -2.61. The summed E-state index contributed by atoms with van der Waals surface area (Å²) in [5, 5.41) is 10.2. The minimum Gasteiger partial charge on any atom is -0.496 e. The lowest BCUT2D eigenvalue weighted by Gasteiger charge is -2.46. The molecule has 1 aromatic carbocycles. The maximum atomic E-state index is 12.9. The number of benzene rings is 1. The molecule has 1 heterocycles.